The number of benzene rings is 3. The smallest absolute Gasteiger partial charge is 0.220 e. The SMILES string of the molecule is Cl.O=C1S[C@H](c2cccc(/C=C/c3ccc4ccc(Cl)cc4n3)c2)CCc2ccccc21. The van der Waals surface area contributed by atoms with Crippen LogP contribution in [0.1, 0.15) is 44.4 Å². The Hall–Kier alpha value is -2.59. The fraction of sp³-hybridized carbons (Fsp3) is 0.111. The minimum absolute atomic E-state index is 0. The van der Waals surface area contributed by atoms with Crippen molar-refractivity contribution in [2.24, 2.45) is 0 Å². The summed E-state index contributed by atoms with van der Waals surface area (Å²) in [5.41, 5.74) is 6.06. The molecule has 160 valence electrons. The van der Waals surface area contributed by atoms with Crippen LogP contribution in [0.5, 0.6) is 0 Å². The van der Waals surface area contributed by atoms with Gasteiger partial charge in [-0.1, -0.05) is 90.1 Å². The van der Waals surface area contributed by atoms with Gasteiger partial charge in [0.1, 0.15) is 0 Å². The minimum atomic E-state index is 0. The van der Waals surface area contributed by atoms with Crippen LogP contribution >= 0.6 is 35.8 Å². The molecule has 0 radical (unpaired) electrons. The number of hydrogen-bond donors (Lipinski definition) is 0. The first kappa shape index (κ1) is 22.6. The third-order valence-electron chi connectivity index (χ3n) is 5.57. The van der Waals surface area contributed by atoms with Gasteiger partial charge in [-0.15, -0.1) is 12.4 Å². The zero-order chi connectivity index (χ0) is 21.2. The van der Waals surface area contributed by atoms with Crippen molar-refractivity contribution >= 4 is 63.9 Å². The zero-order valence-electron chi connectivity index (χ0n) is 17.2. The summed E-state index contributed by atoms with van der Waals surface area (Å²) in [4.78, 5) is 17.4. The second kappa shape index (κ2) is 9.91. The van der Waals surface area contributed by atoms with E-state index in [1.807, 2.05) is 48.5 Å². The van der Waals surface area contributed by atoms with Gasteiger partial charge < -0.3 is 0 Å². The van der Waals surface area contributed by atoms with Gasteiger partial charge in [0.05, 0.1) is 11.2 Å². The summed E-state index contributed by atoms with van der Waals surface area (Å²) in [5, 5.41) is 2.08. The molecule has 0 N–H and O–H groups in total. The lowest BCUT2D eigenvalue weighted by Gasteiger charge is -2.13. The lowest BCUT2D eigenvalue weighted by Crippen LogP contribution is -1.98. The molecule has 0 saturated heterocycles. The number of fused-ring (bicyclic) bond motifs is 2. The maximum absolute atomic E-state index is 12.7. The molecule has 3 aromatic carbocycles. The number of carbonyl (C=O) groups is 1. The first-order valence-electron chi connectivity index (χ1n) is 10.3. The maximum Gasteiger partial charge on any atom is 0.220 e. The maximum atomic E-state index is 12.7. The molecule has 0 aliphatic carbocycles. The molecule has 5 rings (SSSR count). The first-order chi connectivity index (χ1) is 15.2. The number of halogens is 2. The highest BCUT2D eigenvalue weighted by Crippen LogP contribution is 2.39. The Morgan fingerprint density at radius 1 is 0.938 bits per heavy atom. The number of pyridine rings is 1. The average Bonchev–Trinajstić information content (AvgIpc) is 2.97. The van der Waals surface area contributed by atoms with E-state index in [1.54, 1.807) is 0 Å². The second-order valence-electron chi connectivity index (χ2n) is 7.67. The molecule has 2 heterocycles. The molecule has 5 heteroatoms. The normalized spacial score (nSPS) is 15.9. The molecule has 32 heavy (non-hydrogen) atoms. The summed E-state index contributed by atoms with van der Waals surface area (Å²) in [5.74, 6) is 0. The average molecular weight is 478 g/mol. The number of nitrogens with zero attached hydrogens (tertiary/aromatic N) is 1. The minimum Gasteiger partial charge on any atom is -0.282 e. The van der Waals surface area contributed by atoms with Crippen LogP contribution in [0.15, 0.2) is 78.9 Å². The van der Waals surface area contributed by atoms with Crippen LogP contribution in [0.4, 0.5) is 0 Å². The summed E-state index contributed by atoms with van der Waals surface area (Å²) in [7, 11) is 0. The lowest BCUT2D eigenvalue weighted by molar-refractivity contribution is 0.108. The van der Waals surface area contributed by atoms with E-state index in [4.69, 9.17) is 11.6 Å². The number of aryl methyl sites for hydroxylation is 1. The summed E-state index contributed by atoms with van der Waals surface area (Å²) < 4.78 is 0. The fourth-order valence-corrected chi connectivity index (χ4v) is 5.22. The van der Waals surface area contributed by atoms with Gasteiger partial charge >= 0.3 is 0 Å². The highest BCUT2D eigenvalue weighted by atomic mass is 35.5. The topological polar surface area (TPSA) is 30.0 Å². The Labute approximate surface area is 203 Å². The predicted octanol–water partition coefficient (Wildman–Crippen LogP) is 8.04. The van der Waals surface area contributed by atoms with Crippen LogP contribution in [-0.2, 0) is 6.42 Å². The van der Waals surface area contributed by atoms with E-state index in [0.717, 1.165) is 46.1 Å². The molecule has 2 nitrogen and oxygen atoms in total. The molecular formula is C27H21Cl2NOS. The molecule has 4 aromatic rings. The van der Waals surface area contributed by atoms with E-state index in [0.29, 0.717) is 5.02 Å². The largest absolute Gasteiger partial charge is 0.282 e. The number of aromatic nitrogens is 1. The van der Waals surface area contributed by atoms with Gasteiger partial charge in [0.25, 0.3) is 0 Å². The van der Waals surface area contributed by atoms with Gasteiger partial charge in [-0.05, 0) is 53.8 Å². The molecule has 0 saturated carbocycles. The number of thioether (sulfide) groups is 1. The van der Waals surface area contributed by atoms with Crippen molar-refractivity contribution in [1.82, 2.24) is 4.98 Å². The van der Waals surface area contributed by atoms with Crippen LogP contribution in [0.2, 0.25) is 5.02 Å². The van der Waals surface area contributed by atoms with Crippen LogP contribution in [0, 0.1) is 0 Å². The van der Waals surface area contributed by atoms with Crippen molar-refractivity contribution in [1.29, 1.82) is 0 Å². The van der Waals surface area contributed by atoms with Gasteiger partial charge in [0.15, 0.2) is 0 Å². The van der Waals surface area contributed by atoms with E-state index in [9.17, 15) is 4.79 Å². The van der Waals surface area contributed by atoms with Gasteiger partial charge in [-0.25, -0.2) is 4.98 Å². The highest BCUT2D eigenvalue weighted by Gasteiger charge is 2.24. The quantitative estimate of drug-likeness (QED) is 0.298. The second-order valence-corrected chi connectivity index (χ2v) is 9.28. The summed E-state index contributed by atoms with van der Waals surface area (Å²) in [6.07, 6.45) is 5.96. The van der Waals surface area contributed by atoms with E-state index in [1.165, 1.54) is 17.3 Å². The Morgan fingerprint density at radius 3 is 2.69 bits per heavy atom. The Balaban J connectivity index is 0.00000245. The molecule has 0 amide bonds. The van der Waals surface area contributed by atoms with Crippen molar-refractivity contribution in [3.63, 3.8) is 0 Å². The van der Waals surface area contributed by atoms with E-state index < -0.39 is 0 Å². The van der Waals surface area contributed by atoms with Crippen LogP contribution in [0.25, 0.3) is 23.1 Å². The van der Waals surface area contributed by atoms with Gasteiger partial charge in [0.2, 0.25) is 5.12 Å². The summed E-state index contributed by atoms with van der Waals surface area (Å²) in [6, 6.07) is 26.2. The summed E-state index contributed by atoms with van der Waals surface area (Å²) >= 11 is 7.54. The molecule has 0 bridgehead atoms. The molecule has 0 spiro atoms. The van der Waals surface area contributed by atoms with E-state index >= 15 is 0 Å². The predicted molar refractivity (Wildman–Crippen MR) is 139 cm³/mol. The summed E-state index contributed by atoms with van der Waals surface area (Å²) in [6.45, 7) is 0. The van der Waals surface area contributed by atoms with E-state index in [-0.39, 0.29) is 22.8 Å². The molecule has 0 fully saturated rings. The van der Waals surface area contributed by atoms with Gasteiger partial charge in [0, 0.05) is 21.2 Å². The molecule has 1 atom stereocenters. The first-order valence-corrected chi connectivity index (χ1v) is 11.5. The van der Waals surface area contributed by atoms with Crippen molar-refractivity contribution < 1.29 is 4.79 Å². The lowest BCUT2D eigenvalue weighted by atomic mass is 9.99. The van der Waals surface area contributed by atoms with Crippen LogP contribution < -0.4 is 0 Å². The van der Waals surface area contributed by atoms with Crippen molar-refractivity contribution in [3.05, 3.63) is 112 Å². The molecule has 1 aliphatic rings. The van der Waals surface area contributed by atoms with Crippen LogP contribution in [0.3, 0.4) is 0 Å². The monoisotopic (exact) mass is 477 g/mol. The number of hydrogen-bond acceptors (Lipinski definition) is 3. The van der Waals surface area contributed by atoms with Gasteiger partial charge in [-0.2, -0.15) is 0 Å². The Bertz CT molecular complexity index is 1320. The number of rotatable bonds is 3. The molecular weight excluding hydrogens is 457 g/mol. The van der Waals surface area contributed by atoms with Gasteiger partial charge in [-0.3, -0.25) is 4.79 Å². The number of carbonyl (C=O) groups excluding carboxylic acids is 1. The highest BCUT2D eigenvalue weighted by molar-refractivity contribution is 8.14. The Morgan fingerprint density at radius 2 is 1.78 bits per heavy atom. The van der Waals surface area contributed by atoms with Crippen molar-refractivity contribution in [2.75, 3.05) is 0 Å². The van der Waals surface area contributed by atoms with Crippen LogP contribution in [-0.4, -0.2) is 10.1 Å². The third-order valence-corrected chi connectivity index (χ3v) is 7.03. The van der Waals surface area contributed by atoms with Crippen molar-refractivity contribution in [3.8, 4) is 0 Å². The van der Waals surface area contributed by atoms with Crippen molar-refractivity contribution in [2.45, 2.75) is 18.1 Å². The zero-order valence-corrected chi connectivity index (χ0v) is 19.6. The standard InChI is InChI=1S/C27H20ClNOS.ClH/c28-22-12-9-20-10-14-23(29-25(20)17-22)13-8-18-4-3-6-21(16-18)26-15-11-19-5-1-2-7-24(19)27(30)31-26;/h1-10,12-14,16-17,26H,11,15H2;1H/b13-8+;/t26-;/m0./s1. The Kier molecular flexibility index (Phi) is 7.00. The third kappa shape index (κ3) is 4.91. The molecule has 1 aromatic heterocycles. The molecule has 1 aliphatic heterocycles. The van der Waals surface area contributed by atoms with E-state index in [2.05, 4.69) is 47.5 Å². The molecule has 0 unspecified atom stereocenters. The fourth-order valence-electron chi connectivity index (χ4n) is 3.95.